The Hall–Kier alpha value is -0.0400. The maximum Gasteiger partial charge on any atom is 0.0919 e. The van der Waals surface area contributed by atoms with Crippen molar-refractivity contribution in [3.05, 3.63) is 0 Å². The third kappa shape index (κ3) is 5.21. The number of hydrogen-bond donors (Lipinski definition) is 0. The van der Waals surface area contributed by atoms with Crippen LogP contribution in [0, 0.1) is 11.8 Å². The molecule has 1 spiro atoms. The van der Waals surface area contributed by atoms with Gasteiger partial charge < -0.3 is 4.48 Å². The van der Waals surface area contributed by atoms with E-state index >= 15 is 0 Å². The van der Waals surface area contributed by atoms with E-state index in [2.05, 4.69) is 20.8 Å². The molecule has 23 heavy (non-hydrogen) atoms. The molecular formula is C22H44N+. The van der Waals surface area contributed by atoms with E-state index in [1.807, 2.05) is 0 Å². The van der Waals surface area contributed by atoms with Crippen molar-refractivity contribution < 1.29 is 4.48 Å². The molecule has 0 saturated carbocycles. The van der Waals surface area contributed by atoms with Crippen molar-refractivity contribution in [3.63, 3.8) is 0 Å². The normalized spacial score (nSPS) is 30.1. The largest absolute Gasteiger partial charge is 0.321 e. The van der Waals surface area contributed by atoms with Gasteiger partial charge in [-0.05, 0) is 32.1 Å². The minimum absolute atomic E-state index is 1.02. The molecular weight excluding hydrogens is 278 g/mol. The molecule has 3 atom stereocenters. The van der Waals surface area contributed by atoms with Gasteiger partial charge in [0.2, 0.25) is 0 Å². The van der Waals surface area contributed by atoms with Gasteiger partial charge in [-0.3, -0.25) is 0 Å². The smallest absolute Gasteiger partial charge is 0.0919 e. The highest BCUT2D eigenvalue weighted by Crippen LogP contribution is 2.43. The van der Waals surface area contributed by atoms with Gasteiger partial charge in [0.05, 0.1) is 25.7 Å². The van der Waals surface area contributed by atoms with Crippen molar-refractivity contribution in [2.45, 2.75) is 110 Å². The maximum atomic E-state index is 2.38. The summed E-state index contributed by atoms with van der Waals surface area (Å²) in [4.78, 5) is 0. The lowest BCUT2D eigenvalue weighted by Crippen LogP contribution is -2.61. The van der Waals surface area contributed by atoms with E-state index in [4.69, 9.17) is 0 Å². The van der Waals surface area contributed by atoms with Gasteiger partial charge in [-0.25, -0.2) is 0 Å². The second-order valence-electron chi connectivity index (χ2n) is 8.76. The molecule has 136 valence electrons. The Morgan fingerprint density at radius 3 is 2.04 bits per heavy atom. The molecule has 2 aliphatic heterocycles. The number of rotatable bonds is 10. The van der Waals surface area contributed by atoms with Crippen molar-refractivity contribution in [2.24, 2.45) is 11.8 Å². The topological polar surface area (TPSA) is 0 Å². The zero-order valence-corrected chi connectivity index (χ0v) is 16.5. The Morgan fingerprint density at radius 2 is 1.39 bits per heavy atom. The quantitative estimate of drug-likeness (QED) is 0.315. The second-order valence-corrected chi connectivity index (χ2v) is 8.76. The first-order chi connectivity index (χ1) is 11.3. The van der Waals surface area contributed by atoms with E-state index in [1.54, 1.807) is 17.4 Å². The summed E-state index contributed by atoms with van der Waals surface area (Å²) in [5.41, 5.74) is 0. The third-order valence-corrected chi connectivity index (χ3v) is 6.96. The summed E-state index contributed by atoms with van der Waals surface area (Å²) in [6, 6.07) is 1.02. The molecule has 2 aliphatic rings. The Bertz CT molecular complexity index is 305. The summed E-state index contributed by atoms with van der Waals surface area (Å²) < 4.78 is 1.55. The summed E-state index contributed by atoms with van der Waals surface area (Å²) in [5.74, 6) is 2.08. The molecule has 0 aromatic rings. The molecule has 2 saturated heterocycles. The molecule has 3 unspecified atom stereocenters. The fraction of sp³-hybridized carbons (Fsp3) is 1.00. The molecule has 1 heteroatoms. The first kappa shape index (κ1) is 19.3. The Balaban J connectivity index is 2.08. The Morgan fingerprint density at radius 1 is 0.739 bits per heavy atom. The van der Waals surface area contributed by atoms with E-state index in [0.29, 0.717) is 0 Å². The highest BCUT2D eigenvalue weighted by Gasteiger charge is 2.48. The monoisotopic (exact) mass is 322 g/mol. The molecule has 0 amide bonds. The van der Waals surface area contributed by atoms with Crippen molar-refractivity contribution in [1.29, 1.82) is 0 Å². The van der Waals surface area contributed by atoms with Crippen LogP contribution in [0.25, 0.3) is 0 Å². The summed E-state index contributed by atoms with van der Waals surface area (Å²) in [7, 11) is 0. The predicted octanol–water partition coefficient (Wildman–Crippen LogP) is 6.56. The van der Waals surface area contributed by atoms with Gasteiger partial charge in [0.15, 0.2) is 0 Å². The zero-order valence-electron chi connectivity index (χ0n) is 16.5. The molecule has 0 aromatic heterocycles. The molecule has 0 aliphatic carbocycles. The van der Waals surface area contributed by atoms with E-state index in [1.165, 1.54) is 90.1 Å². The predicted molar refractivity (Wildman–Crippen MR) is 103 cm³/mol. The van der Waals surface area contributed by atoms with Crippen LogP contribution in [0.4, 0.5) is 0 Å². The fourth-order valence-corrected chi connectivity index (χ4v) is 5.83. The number of quaternary nitrogens is 1. The summed E-state index contributed by atoms with van der Waals surface area (Å²) in [6.45, 7) is 11.7. The van der Waals surface area contributed by atoms with E-state index in [-0.39, 0.29) is 0 Å². The average Bonchev–Trinajstić information content (AvgIpc) is 3.02. The number of unbranched alkanes of at least 4 members (excludes halogenated alkanes) is 4. The van der Waals surface area contributed by atoms with E-state index < -0.39 is 0 Å². The maximum absolute atomic E-state index is 2.38. The van der Waals surface area contributed by atoms with Gasteiger partial charge in [-0.1, -0.05) is 59.3 Å². The van der Waals surface area contributed by atoms with Gasteiger partial charge in [0.25, 0.3) is 0 Å². The standard InChI is InChI=1S/C22H44N/c1-4-7-10-15-22-21(14-9-6-3)18-20(13-8-5-2)19-23(22)16-11-12-17-23/h20-22H,4-19H2,1-3H3/q+1. The highest BCUT2D eigenvalue weighted by atomic mass is 15.4. The summed E-state index contributed by atoms with van der Waals surface area (Å²) >= 11 is 0. The van der Waals surface area contributed by atoms with Gasteiger partial charge in [0, 0.05) is 24.7 Å². The van der Waals surface area contributed by atoms with Crippen LogP contribution in [0.5, 0.6) is 0 Å². The van der Waals surface area contributed by atoms with Crippen molar-refractivity contribution in [1.82, 2.24) is 0 Å². The van der Waals surface area contributed by atoms with Crippen LogP contribution in [0.2, 0.25) is 0 Å². The minimum atomic E-state index is 1.02. The lowest BCUT2D eigenvalue weighted by molar-refractivity contribution is -0.953. The van der Waals surface area contributed by atoms with Gasteiger partial charge >= 0.3 is 0 Å². The number of piperidine rings is 1. The van der Waals surface area contributed by atoms with Crippen LogP contribution in [0.15, 0.2) is 0 Å². The van der Waals surface area contributed by atoms with Crippen LogP contribution in [-0.4, -0.2) is 30.2 Å². The summed E-state index contributed by atoms with van der Waals surface area (Å²) in [6.07, 6.45) is 19.2. The van der Waals surface area contributed by atoms with E-state index in [0.717, 1.165) is 17.9 Å². The first-order valence-electron chi connectivity index (χ1n) is 11.1. The Kier molecular flexibility index (Phi) is 8.44. The summed E-state index contributed by atoms with van der Waals surface area (Å²) in [5, 5.41) is 0. The Labute approximate surface area is 146 Å². The average molecular weight is 323 g/mol. The van der Waals surface area contributed by atoms with Gasteiger partial charge in [-0.15, -0.1) is 0 Å². The first-order valence-corrected chi connectivity index (χ1v) is 11.1. The fourth-order valence-electron chi connectivity index (χ4n) is 5.83. The van der Waals surface area contributed by atoms with Crippen LogP contribution < -0.4 is 0 Å². The highest BCUT2D eigenvalue weighted by molar-refractivity contribution is 4.83. The lowest BCUT2D eigenvalue weighted by Gasteiger charge is -2.52. The molecule has 2 fully saturated rings. The SMILES string of the molecule is CCCCCC1C(CCCC)CC(CCCC)C[N+]12CCCC2. The lowest BCUT2D eigenvalue weighted by atomic mass is 9.75. The molecule has 2 heterocycles. The molecule has 2 rings (SSSR count). The van der Waals surface area contributed by atoms with Crippen LogP contribution >= 0.6 is 0 Å². The third-order valence-electron chi connectivity index (χ3n) is 6.96. The van der Waals surface area contributed by atoms with Gasteiger partial charge in [0.1, 0.15) is 0 Å². The molecule has 0 aromatic carbocycles. The zero-order chi connectivity index (χ0) is 16.5. The van der Waals surface area contributed by atoms with Crippen LogP contribution in [-0.2, 0) is 0 Å². The van der Waals surface area contributed by atoms with Gasteiger partial charge in [-0.2, -0.15) is 0 Å². The van der Waals surface area contributed by atoms with Crippen LogP contribution in [0.3, 0.4) is 0 Å². The van der Waals surface area contributed by atoms with E-state index in [9.17, 15) is 0 Å². The molecule has 0 N–H and O–H groups in total. The van der Waals surface area contributed by atoms with Crippen LogP contribution in [0.1, 0.15) is 104 Å². The number of hydrogen-bond acceptors (Lipinski definition) is 0. The van der Waals surface area contributed by atoms with Crippen molar-refractivity contribution in [3.8, 4) is 0 Å². The molecule has 1 nitrogen and oxygen atoms in total. The second kappa shape index (κ2) is 10.1. The number of nitrogens with zero attached hydrogens (tertiary/aromatic N) is 1. The van der Waals surface area contributed by atoms with Crippen molar-refractivity contribution in [2.75, 3.05) is 19.6 Å². The molecule has 0 bridgehead atoms. The molecule has 0 radical (unpaired) electrons. The van der Waals surface area contributed by atoms with Crippen molar-refractivity contribution >= 4 is 0 Å². The minimum Gasteiger partial charge on any atom is -0.321 e.